The minimum atomic E-state index is -0.571. The Morgan fingerprint density at radius 3 is 2.82 bits per heavy atom. The van der Waals surface area contributed by atoms with Crippen LogP contribution in [0, 0.1) is 5.41 Å². The van der Waals surface area contributed by atoms with Gasteiger partial charge in [0.25, 0.3) is 0 Å². The molecular weight excluding hydrogens is 276 g/mol. The third-order valence-corrected chi connectivity index (χ3v) is 3.58. The van der Waals surface area contributed by atoms with E-state index < -0.39 is 5.41 Å². The van der Waals surface area contributed by atoms with Crippen LogP contribution in [0.5, 0.6) is 0 Å². The Morgan fingerprint density at radius 2 is 2.18 bits per heavy atom. The van der Waals surface area contributed by atoms with Crippen molar-refractivity contribution < 1.29 is 4.79 Å². The molecule has 2 aliphatic rings. The second-order valence-corrected chi connectivity index (χ2v) is 4.90. The van der Waals surface area contributed by atoms with Crippen LogP contribution in [0.3, 0.4) is 0 Å². The normalized spacial score (nSPS) is 27.5. The van der Waals surface area contributed by atoms with Gasteiger partial charge in [-0.1, -0.05) is 39.2 Å². The van der Waals surface area contributed by atoms with Crippen molar-refractivity contribution in [3.05, 3.63) is 48.5 Å². The van der Waals surface area contributed by atoms with Crippen LogP contribution in [0.15, 0.2) is 58.5 Å². The second-order valence-electron chi connectivity index (χ2n) is 4.90. The third kappa shape index (κ3) is 3.81. The first-order chi connectivity index (χ1) is 10.6. The molecule has 5 heteroatoms. The van der Waals surface area contributed by atoms with E-state index in [2.05, 4.69) is 28.5 Å². The second kappa shape index (κ2) is 8.12. The van der Waals surface area contributed by atoms with Gasteiger partial charge in [-0.15, -0.1) is 0 Å². The van der Waals surface area contributed by atoms with Gasteiger partial charge in [0.05, 0.1) is 11.8 Å². The van der Waals surface area contributed by atoms with Crippen molar-refractivity contribution in [3.63, 3.8) is 0 Å². The topological polar surface area (TPSA) is 79.8 Å². The quantitative estimate of drug-likeness (QED) is 0.607. The monoisotopic (exact) mass is 300 g/mol. The molecule has 1 aliphatic heterocycles. The van der Waals surface area contributed by atoms with Gasteiger partial charge in [-0.3, -0.25) is 4.79 Å². The summed E-state index contributed by atoms with van der Waals surface area (Å²) in [5.41, 5.74) is 6.58. The molecule has 0 aromatic carbocycles. The molecule has 118 valence electrons. The van der Waals surface area contributed by atoms with Crippen LogP contribution in [0.4, 0.5) is 0 Å². The highest BCUT2D eigenvalue weighted by Crippen LogP contribution is 2.46. The minimum Gasteiger partial charge on any atom is -0.390 e. The molecule has 1 atom stereocenters. The minimum absolute atomic E-state index is 0.0900. The van der Waals surface area contributed by atoms with Crippen molar-refractivity contribution in [3.8, 4) is 0 Å². The lowest BCUT2D eigenvalue weighted by Gasteiger charge is -2.26. The zero-order valence-corrected chi connectivity index (χ0v) is 13.3. The van der Waals surface area contributed by atoms with Gasteiger partial charge in [0.2, 0.25) is 5.91 Å². The zero-order chi connectivity index (χ0) is 16.6. The highest BCUT2D eigenvalue weighted by atomic mass is 16.2. The first-order valence-corrected chi connectivity index (χ1v) is 7.39. The number of allylic oxidation sites excluding steroid dienone is 5. The maximum absolute atomic E-state index is 12.5. The zero-order valence-electron chi connectivity index (χ0n) is 13.3. The summed E-state index contributed by atoms with van der Waals surface area (Å²) in [5.74, 6) is 0.254. The summed E-state index contributed by atoms with van der Waals surface area (Å²) in [6.45, 7) is 11.5. The van der Waals surface area contributed by atoms with Crippen LogP contribution in [0.25, 0.3) is 0 Å². The van der Waals surface area contributed by atoms with E-state index in [1.807, 2.05) is 26.0 Å². The predicted octanol–water partition coefficient (Wildman–Crippen LogP) is 2.84. The van der Waals surface area contributed by atoms with Crippen molar-refractivity contribution in [1.82, 2.24) is 5.32 Å². The number of nitrogens with one attached hydrogen (secondary N) is 1. The van der Waals surface area contributed by atoms with Crippen molar-refractivity contribution >= 4 is 18.5 Å². The van der Waals surface area contributed by atoms with E-state index in [9.17, 15) is 4.79 Å². The largest absolute Gasteiger partial charge is 0.390 e. The molecule has 0 saturated carbocycles. The standard InChI is InChI=1S/C15H18N4O.C2H6/c1-3-12-8-15(9-13(12)18-10-16)6-4-5-7-17-11(2)19-14(15)20;1-2/h3-5,7,10H,1-2,6,8-9H2,(H2,16,18)(H,19,20);1-2H3/b5-4-,17-7-;. The van der Waals surface area contributed by atoms with Crippen LogP contribution < -0.4 is 11.1 Å². The van der Waals surface area contributed by atoms with E-state index in [1.54, 1.807) is 12.3 Å². The summed E-state index contributed by atoms with van der Waals surface area (Å²) >= 11 is 0. The molecule has 0 aromatic rings. The molecular formula is C17H24N4O. The van der Waals surface area contributed by atoms with Crippen LogP contribution in [0.2, 0.25) is 0 Å². The Labute approximate surface area is 132 Å². The van der Waals surface area contributed by atoms with Gasteiger partial charge in [-0.25, -0.2) is 9.98 Å². The van der Waals surface area contributed by atoms with Gasteiger partial charge >= 0.3 is 0 Å². The molecule has 1 heterocycles. The molecule has 0 saturated heterocycles. The number of hydrogen-bond donors (Lipinski definition) is 2. The van der Waals surface area contributed by atoms with Gasteiger partial charge < -0.3 is 11.1 Å². The molecule has 0 aromatic heterocycles. The number of amides is 1. The summed E-state index contributed by atoms with van der Waals surface area (Å²) in [6, 6.07) is 0. The number of hydrogen-bond acceptors (Lipinski definition) is 3. The van der Waals surface area contributed by atoms with Crippen molar-refractivity contribution in [2.24, 2.45) is 21.1 Å². The SMILES string of the molecule is C=CC1=C(N=CN)CC2(C/C=C\C=N/C(=C)NC2=O)C1.CC. The number of nitrogens with two attached hydrogens (primary N) is 1. The van der Waals surface area contributed by atoms with Gasteiger partial charge in [-0.2, -0.15) is 0 Å². The number of carbonyl (C=O) groups is 1. The average molecular weight is 300 g/mol. The molecule has 1 unspecified atom stereocenters. The Kier molecular flexibility index (Phi) is 6.50. The first kappa shape index (κ1) is 17.6. The molecule has 22 heavy (non-hydrogen) atoms. The highest BCUT2D eigenvalue weighted by Gasteiger charge is 2.43. The molecule has 1 spiro atoms. The summed E-state index contributed by atoms with van der Waals surface area (Å²) in [6.07, 6.45) is 10.1. The maximum atomic E-state index is 12.5. The molecule has 0 radical (unpaired) electrons. The lowest BCUT2D eigenvalue weighted by molar-refractivity contribution is -0.129. The van der Waals surface area contributed by atoms with Gasteiger partial charge in [0.1, 0.15) is 5.82 Å². The number of nitrogens with zero attached hydrogens (tertiary/aromatic N) is 2. The lowest BCUT2D eigenvalue weighted by atomic mass is 9.79. The fourth-order valence-electron chi connectivity index (χ4n) is 2.55. The predicted molar refractivity (Wildman–Crippen MR) is 92.4 cm³/mol. The molecule has 1 amide bonds. The summed E-state index contributed by atoms with van der Waals surface area (Å²) in [5, 5.41) is 2.75. The Balaban J connectivity index is 0.00000116. The molecule has 5 nitrogen and oxygen atoms in total. The summed E-state index contributed by atoms with van der Waals surface area (Å²) in [7, 11) is 0. The van der Waals surface area contributed by atoms with E-state index in [0.717, 1.165) is 11.3 Å². The first-order valence-electron chi connectivity index (χ1n) is 7.39. The number of carbonyl (C=O) groups excluding carboxylic acids is 1. The van der Waals surface area contributed by atoms with E-state index >= 15 is 0 Å². The Morgan fingerprint density at radius 1 is 1.45 bits per heavy atom. The van der Waals surface area contributed by atoms with Crippen LogP contribution in [0.1, 0.15) is 33.1 Å². The van der Waals surface area contributed by atoms with E-state index in [4.69, 9.17) is 5.73 Å². The van der Waals surface area contributed by atoms with E-state index in [0.29, 0.717) is 25.1 Å². The number of rotatable bonds is 2. The van der Waals surface area contributed by atoms with Crippen LogP contribution in [-0.2, 0) is 4.79 Å². The molecule has 0 bridgehead atoms. The van der Waals surface area contributed by atoms with E-state index in [-0.39, 0.29) is 5.91 Å². The van der Waals surface area contributed by atoms with Gasteiger partial charge in [-0.05, 0) is 24.5 Å². The lowest BCUT2D eigenvalue weighted by Crippen LogP contribution is -2.38. The van der Waals surface area contributed by atoms with Crippen LogP contribution >= 0.6 is 0 Å². The molecule has 2 rings (SSSR count). The van der Waals surface area contributed by atoms with Gasteiger partial charge in [0.15, 0.2) is 0 Å². The van der Waals surface area contributed by atoms with Crippen molar-refractivity contribution in [2.75, 3.05) is 0 Å². The Bertz CT molecular complexity index is 569. The van der Waals surface area contributed by atoms with E-state index in [1.165, 1.54) is 6.34 Å². The summed E-state index contributed by atoms with van der Waals surface area (Å²) < 4.78 is 0. The third-order valence-electron chi connectivity index (χ3n) is 3.58. The van der Waals surface area contributed by atoms with Crippen molar-refractivity contribution in [2.45, 2.75) is 33.1 Å². The van der Waals surface area contributed by atoms with Crippen molar-refractivity contribution in [1.29, 1.82) is 0 Å². The molecule has 0 fully saturated rings. The maximum Gasteiger partial charge on any atom is 0.232 e. The fourth-order valence-corrected chi connectivity index (χ4v) is 2.55. The average Bonchev–Trinajstić information content (AvgIpc) is 2.90. The van der Waals surface area contributed by atoms with Crippen LogP contribution in [-0.4, -0.2) is 18.5 Å². The van der Waals surface area contributed by atoms with Gasteiger partial charge in [0, 0.05) is 18.3 Å². The smallest absolute Gasteiger partial charge is 0.232 e. The molecule has 1 aliphatic carbocycles. The Hall–Kier alpha value is -2.43. The molecule has 3 N–H and O–H groups in total. The summed E-state index contributed by atoms with van der Waals surface area (Å²) in [4.78, 5) is 20.7. The fraction of sp³-hybridized carbons (Fsp3) is 0.353. The highest BCUT2D eigenvalue weighted by molar-refractivity contribution is 5.87. The number of aliphatic imine (C=N–C) groups is 2.